The number of piperazine rings is 1. The Hall–Kier alpha value is -4.33. The predicted octanol–water partition coefficient (Wildman–Crippen LogP) is 5.52. The monoisotopic (exact) mass is 512 g/mol. The molecule has 0 aliphatic carbocycles. The summed E-state index contributed by atoms with van der Waals surface area (Å²) in [6.07, 6.45) is 3.33. The molecule has 4 aromatic rings. The number of aromatic amines is 1. The van der Waals surface area contributed by atoms with Crippen molar-refractivity contribution >= 4 is 28.2 Å². The Morgan fingerprint density at radius 3 is 2.47 bits per heavy atom. The molecule has 0 saturated carbocycles. The molecule has 5 rings (SSSR count). The molecule has 1 aliphatic rings. The summed E-state index contributed by atoms with van der Waals surface area (Å²) in [4.78, 5) is 31.8. The second-order valence-corrected chi connectivity index (χ2v) is 9.61. The number of nitrogens with zero attached hydrogens (tertiary/aromatic N) is 3. The summed E-state index contributed by atoms with van der Waals surface area (Å²) in [5.74, 6) is 0.763. The first kappa shape index (κ1) is 25.3. The SMILES string of the molecule is CCc1cccc2c(C(CC(=O)N3CCN(c4ccc([N+](=O)[O-])cc4)CC3)c3cccc(OC)c3)c[nH]c12. The maximum Gasteiger partial charge on any atom is 0.269 e. The molecule has 0 spiro atoms. The molecular weight excluding hydrogens is 480 g/mol. The second-order valence-electron chi connectivity index (χ2n) is 9.61. The van der Waals surface area contributed by atoms with Gasteiger partial charge >= 0.3 is 0 Å². The number of para-hydroxylation sites is 1. The largest absolute Gasteiger partial charge is 0.497 e. The number of benzene rings is 3. The van der Waals surface area contributed by atoms with Crippen molar-refractivity contribution < 1.29 is 14.5 Å². The van der Waals surface area contributed by atoms with Gasteiger partial charge < -0.3 is 19.5 Å². The van der Waals surface area contributed by atoms with Gasteiger partial charge in [-0.05, 0) is 47.4 Å². The van der Waals surface area contributed by atoms with Crippen LogP contribution in [0.25, 0.3) is 10.9 Å². The number of carbonyl (C=O) groups is 1. The second kappa shape index (κ2) is 11.0. The average Bonchev–Trinajstić information content (AvgIpc) is 3.40. The normalized spacial score (nSPS) is 14.5. The lowest BCUT2D eigenvalue weighted by atomic mass is 9.87. The van der Waals surface area contributed by atoms with Gasteiger partial charge in [-0.15, -0.1) is 0 Å². The number of non-ortho nitro benzene ring substituents is 1. The lowest BCUT2D eigenvalue weighted by Crippen LogP contribution is -2.49. The third-order valence-electron chi connectivity index (χ3n) is 7.52. The van der Waals surface area contributed by atoms with Gasteiger partial charge in [0.05, 0.1) is 12.0 Å². The molecular formula is C30H32N4O4. The summed E-state index contributed by atoms with van der Waals surface area (Å²) in [7, 11) is 1.66. The van der Waals surface area contributed by atoms with Gasteiger partial charge in [0.2, 0.25) is 5.91 Å². The number of hydrogen-bond acceptors (Lipinski definition) is 5. The number of rotatable bonds is 8. The van der Waals surface area contributed by atoms with Crippen molar-refractivity contribution in [3.05, 3.63) is 99.7 Å². The van der Waals surface area contributed by atoms with Crippen molar-refractivity contribution in [3.63, 3.8) is 0 Å². The number of aryl methyl sites for hydroxylation is 1. The number of H-pyrrole nitrogens is 1. The van der Waals surface area contributed by atoms with Gasteiger partial charge in [-0.1, -0.05) is 37.3 Å². The number of nitro groups is 1. The van der Waals surface area contributed by atoms with E-state index < -0.39 is 4.92 Å². The van der Waals surface area contributed by atoms with Gasteiger partial charge in [0, 0.05) is 73.4 Å². The number of nitro benzene ring substituents is 1. The van der Waals surface area contributed by atoms with Crippen LogP contribution in [0, 0.1) is 10.1 Å². The van der Waals surface area contributed by atoms with Crippen LogP contribution < -0.4 is 9.64 Å². The number of hydrogen-bond donors (Lipinski definition) is 1. The van der Waals surface area contributed by atoms with Crippen molar-refractivity contribution in [2.75, 3.05) is 38.2 Å². The molecule has 196 valence electrons. The van der Waals surface area contributed by atoms with Crippen LogP contribution in [-0.4, -0.2) is 54.0 Å². The molecule has 1 aliphatic heterocycles. The zero-order valence-electron chi connectivity index (χ0n) is 21.7. The van der Waals surface area contributed by atoms with E-state index in [1.165, 1.54) is 17.7 Å². The molecule has 38 heavy (non-hydrogen) atoms. The quantitative estimate of drug-likeness (QED) is 0.248. The molecule has 1 aromatic heterocycles. The molecule has 1 amide bonds. The van der Waals surface area contributed by atoms with Crippen LogP contribution in [0.1, 0.15) is 36.0 Å². The fraction of sp³-hybridized carbons (Fsp3) is 0.300. The summed E-state index contributed by atoms with van der Waals surface area (Å²) in [6.45, 7) is 4.72. The summed E-state index contributed by atoms with van der Waals surface area (Å²) < 4.78 is 5.50. The highest BCUT2D eigenvalue weighted by Crippen LogP contribution is 2.36. The van der Waals surface area contributed by atoms with E-state index in [0.717, 1.165) is 39.9 Å². The molecule has 8 nitrogen and oxygen atoms in total. The summed E-state index contributed by atoms with van der Waals surface area (Å²) in [5, 5.41) is 12.1. The molecule has 1 unspecified atom stereocenters. The van der Waals surface area contributed by atoms with E-state index in [2.05, 4.69) is 41.1 Å². The number of aromatic nitrogens is 1. The van der Waals surface area contributed by atoms with Crippen LogP contribution >= 0.6 is 0 Å². The van der Waals surface area contributed by atoms with E-state index in [-0.39, 0.29) is 17.5 Å². The van der Waals surface area contributed by atoms with E-state index in [1.807, 2.05) is 29.3 Å². The Kier molecular flexibility index (Phi) is 7.31. The van der Waals surface area contributed by atoms with Crippen molar-refractivity contribution in [3.8, 4) is 5.75 Å². The summed E-state index contributed by atoms with van der Waals surface area (Å²) >= 11 is 0. The van der Waals surface area contributed by atoms with Gasteiger partial charge in [0.1, 0.15) is 5.75 Å². The van der Waals surface area contributed by atoms with E-state index >= 15 is 0 Å². The van der Waals surface area contributed by atoms with Crippen molar-refractivity contribution in [2.45, 2.75) is 25.7 Å². The van der Waals surface area contributed by atoms with Gasteiger partial charge in [-0.3, -0.25) is 14.9 Å². The fourth-order valence-electron chi connectivity index (χ4n) is 5.39. The van der Waals surface area contributed by atoms with Crippen molar-refractivity contribution in [2.24, 2.45) is 0 Å². The number of methoxy groups -OCH3 is 1. The summed E-state index contributed by atoms with van der Waals surface area (Å²) in [6, 6.07) is 20.9. The Labute approximate surface area is 222 Å². The van der Waals surface area contributed by atoms with Crippen molar-refractivity contribution in [1.82, 2.24) is 9.88 Å². The van der Waals surface area contributed by atoms with E-state index in [9.17, 15) is 14.9 Å². The molecule has 1 saturated heterocycles. The number of ether oxygens (including phenoxy) is 1. The van der Waals surface area contributed by atoms with Crippen LogP contribution in [0.4, 0.5) is 11.4 Å². The highest BCUT2D eigenvalue weighted by atomic mass is 16.6. The molecule has 3 aromatic carbocycles. The molecule has 1 atom stereocenters. The van der Waals surface area contributed by atoms with E-state index in [4.69, 9.17) is 4.74 Å². The van der Waals surface area contributed by atoms with Gasteiger partial charge in [0.15, 0.2) is 0 Å². The highest BCUT2D eigenvalue weighted by Gasteiger charge is 2.27. The minimum Gasteiger partial charge on any atom is -0.497 e. The Balaban J connectivity index is 1.36. The number of anilines is 1. The third-order valence-corrected chi connectivity index (χ3v) is 7.52. The minimum absolute atomic E-state index is 0.0782. The molecule has 0 bridgehead atoms. The molecule has 0 radical (unpaired) electrons. The maximum atomic E-state index is 13.6. The first-order chi connectivity index (χ1) is 18.5. The number of fused-ring (bicyclic) bond motifs is 1. The smallest absolute Gasteiger partial charge is 0.269 e. The predicted molar refractivity (Wildman–Crippen MR) is 149 cm³/mol. The van der Waals surface area contributed by atoms with E-state index in [1.54, 1.807) is 19.2 Å². The molecule has 1 N–H and O–H groups in total. The Morgan fingerprint density at radius 2 is 1.79 bits per heavy atom. The number of carbonyl (C=O) groups excluding carboxylic acids is 1. The lowest BCUT2D eigenvalue weighted by Gasteiger charge is -2.36. The van der Waals surface area contributed by atoms with Crippen LogP contribution in [0.15, 0.2) is 72.9 Å². The summed E-state index contributed by atoms with van der Waals surface area (Å²) in [5.41, 5.74) is 5.55. The van der Waals surface area contributed by atoms with Crippen LogP contribution in [0.5, 0.6) is 5.75 Å². The maximum absolute atomic E-state index is 13.6. The zero-order valence-corrected chi connectivity index (χ0v) is 21.7. The van der Waals surface area contributed by atoms with Gasteiger partial charge in [-0.25, -0.2) is 0 Å². The first-order valence-electron chi connectivity index (χ1n) is 13.0. The molecule has 2 heterocycles. The molecule has 8 heteroatoms. The third kappa shape index (κ3) is 5.07. The number of amides is 1. The van der Waals surface area contributed by atoms with Crippen molar-refractivity contribution in [1.29, 1.82) is 0 Å². The Morgan fingerprint density at radius 1 is 1.05 bits per heavy atom. The Bertz CT molecular complexity index is 1440. The van der Waals surface area contributed by atoms with E-state index in [0.29, 0.717) is 32.6 Å². The topological polar surface area (TPSA) is 91.7 Å². The van der Waals surface area contributed by atoms with Crippen LogP contribution in [-0.2, 0) is 11.2 Å². The van der Waals surface area contributed by atoms with Gasteiger partial charge in [-0.2, -0.15) is 0 Å². The fourth-order valence-corrected chi connectivity index (χ4v) is 5.39. The zero-order chi connectivity index (χ0) is 26.6. The minimum atomic E-state index is -0.393. The highest BCUT2D eigenvalue weighted by molar-refractivity contribution is 5.88. The first-order valence-corrected chi connectivity index (χ1v) is 13.0. The van der Waals surface area contributed by atoms with Gasteiger partial charge in [0.25, 0.3) is 5.69 Å². The molecule has 1 fully saturated rings. The van der Waals surface area contributed by atoms with Crippen LogP contribution in [0.3, 0.4) is 0 Å². The number of nitrogens with one attached hydrogen (secondary N) is 1. The average molecular weight is 513 g/mol. The lowest BCUT2D eigenvalue weighted by molar-refractivity contribution is -0.384. The standard InChI is InChI=1S/C30H32N4O4/c1-3-21-6-5-9-26-28(20-31-30(21)26)27(22-7-4-8-25(18-22)38-2)19-29(35)33-16-14-32(15-17-33)23-10-12-24(13-11-23)34(36)37/h4-13,18,20,27,31H,3,14-17,19H2,1-2H3. The van der Waals surface area contributed by atoms with Crippen LogP contribution in [0.2, 0.25) is 0 Å².